The monoisotopic (exact) mass is 239 g/mol. The molecular formula is C17H21N. The van der Waals surface area contributed by atoms with E-state index in [4.69, 9.17) is 5.73 Å². The first-order valence-electron chi connectivity index (χ1n) is 6.57. The normalized spacial score (nSPS) is 12.4. The fourth-order valence-corrected chi connectivity index (χ4v) is 2.00. The largest absolute Gasteiger partial charge is 0.328 e. The minimum absolute atomic E-state index is 0.279. The lowest BCUT2D eigenvalue weighted by Gasteiger charge is -2.07. The van der Waals surface area contributed by atoms with E-state index in [2.05, 4.69) is 62.4 Å². The molecule has 1 nitrogen and oxygen atoms in total. The maximum Gasteiger partial charge on any atom is 0.00136 e. The Labute approximate surface area is 110 Å². The molecular weight excluding hydrogens is 218 g/mol. The molecule has 1 unspecified atom stereocenters. The van der Waals surface area contributed by atoms with Gasteiger partial charge in [-0.2, -0.15) is 0 Å². The minimum atomic E-state index is 0.279. The molecule has 0 heterocycles. The third-order valence-corrected chi connectivity index (χ3v) is 3.23. The molecule has 1 heteroatoms. The van der Waals surface area contributed by atoms with Gasteiger partial charge in [0.05, 0.1) is 0 Å². The molecule has 0 fully saturated rings. The van der Waals surface area contributed by atoms with Gasteiger partial charge in [-0.15, -0.1) is 0 Å². The zero-order valence-corrected chi connectivity index (χ0v) is 11.2. The molecule has 2 aromatic carbocycles. The summed E-state index contributed by atoms with van der Waals surface area (Å²) in [5.74, 6) is 0. The van der Waals surface area contributed by atoms with Gasteiger partial charge in [-0.05, 0) is 43.4 Å². The predicted molar refractivity (Wildman–Crippen MR) is 78.6 cm³/mol. The Morgan fingerprint density at radius 2 is 1.39 bits per heavy atom. The average molecular weight is 239 g/mol. The molecule has 0 spiro atoms. The molecule has 0 aromatic heterocycles. The van der Waals surface area contributed by atoms with E-state index in [-0.39, 0.29) is 6.04 Å². The lowest BCUT2D eigenvalue weighted by Crippen LogP contribution is -2.15. The van der Waals surface area contributed by atoms with E-state index in [1.807, 2.05) is 0 Å². The molecule has 0 bridgehead atoms. The smallest absolute Gasteiger partial charge is 0.00136 e. The van der Waals surface area contributed by atoms with Crippen LogP contribution in [0.4, 0.5) is 0 Å². The van der Waals surface area contributed by atoms with Gasteiger partial charge in [-0.1, -0.05) is 54.1 Å². The topological polar surface area (TPSA) is 26.0 Å². The Kier molecular flexibility index (Phi) is 4.16. The SMILES string of the molecule is Cc1ccc(-c2ccc(CCC(C)N)cc2)cc1. The second kappa shape index (κ2) is 5.83. The summed E-state index contributed by atoms with van der Waals surface area (Å²) in [4.78, 5) is 0. The number of hydrogen-bond acceptors (Lipinski definition) is 1. The third-order valence-electron chi connectivity index (χ3n) is 3.23. The summed E-state index contributed by atoms with van der Waals surface area (Å²) in [6, 6.07) is 17.7. The molecule has 2 N–H and O–H groups in total. The van der Waals surface area contributed by atoms with E-state index in [1.54, 1.807) is 0 Å². The van der Waals surface area contributed by atoms with E-state index in [9.17, 15) is 0 Å². The highest BCUT2D eigenvalue weighted by molar-refractivity contribution is 5.63. The van der Waals surface area contributed by atoms with Crippen molar-refractivity contribution in [3.8, 4) is 11.1 Å². The van der Waals surface area contributed by atoms with Gasteiger partial charge in [0.1, 0.15) is 0 Å². The van der Waals surface area contributed by atoms with Gasteiger partial charge in [-0.25, -0.2) is 0 Å². The van der Waals surface area contributed by atoms with Gasteiger partial charge in [0.2, 0.25) is 0 Å². The van der Waals surface area contributed by atoms with Crippen molar-refractivity contribution in [2.24, 2.45) is 5.73 Å². The number of aryl methyl sites for hydroxylation is 2. The van der Waals surface area contributed by atoms with E-state index in [0.29, 0.717) is 0 Å². The van der Waals surface area contributed by atoms with Crippen LogP contribution in [-0.2, 0) is 6.42 Å². The third kappa shape index (κ3) is 3.44. The first-order chi connectivity index (χ1) is 8.65. The Balaban J connectivity index is 2.09. The molecule has 0 amide bonds. The van der Waals surface area contributed by atoms with Crippen LogP contribution >= 0.6 is 0 Å². The molecule has 0 aliphatic heterocycles. The summed E-state index contributed by atoms with van der Waals surface area (Å²) >= 11 is 0. The van der Waals surface area contributed by atoms with Crippen LogP contribution in [0.25, 0.3) is 11.1 Å². The van der Waals surface area contributed by atoms with Crippen LogP contribution in [-0.4, -0.2) is 6.04 Å². The Bertz CT molecular complexity index is 480. The van der Waals surface area contributed by atoms with Crippen LogP contribution in [0.3, 0.4) is 0 Å². The Morgan fingerprint density at radius 3 is 1.89 bits per heavy atom. The zero-order valence-electron chi connectivity index (χ0n) is 11.2. The lowest BCUT2D eigenvalue weighted by molar-refractivity contribution is 0.666. The summed E-state index contributed by atoms with van der Waals surface area (Å²) in [7, 11) is 0. The molecule has 0 aliphatic carbocycles. The first-order valence-corrected chi connectivity index (χ1v) is 6.57. The lowest BCUT2D eigenvalue weighted by atomic mass is 10.0. The van der Waals surface area contributed by atoms with Crippen molar-refractivity contribution in [2.45, 2.75) is 32.7 Å². The number of benzene rings is 2. The molecule has 0 aliphatic rings. The van der Waals surface area contributed by atoms with Crippen LogP contribution in [0.2, 0.25) is 0 Å². The molecule has 94 valence electrons. The van der Waals surface area contributed by atoms with Crippen LogP contribution in [0.15, 0.2) is 48.5 Å². The minimum Gasteiger partial charge on any atom is -0.328 e. The standard InChI is InChI=1S/C17H21N/c1-13-3-9-16(10-4-13)17-11-7-15(8-12-17)6-5-14(2)18/h3-4,7-12,14H,5-6,18H2,1-2H3. The Hall–Kier alpha value is -1.60. The predicted octanol–water partition coefficient (Wildman–Crippen LogP) is 3.94. The maximum absolute atomic E-state index is 5.78. The molecule has 0 radical (unpaired) electrons. The first kappa shape index (κ1) is 12.8. The van der Waals surface area contributed by atoms with E-state index in [0.717, 1.165) is 12.8 Å². The van der Waals surface area contributed by atoms with Gasteiger partial charge < -0.3 is 5.73 Å². The van der Waals surface area contributed by atoms with E-state index < -0.39 is 0 Å². The highest BCUT2D eigenvalue weighted by Crippen LogP contribution is 2.20. The molecule has 18 heavy (non-hydrogen) atoms. The Morgan fingerprint density at radius 1 is 0.889 bits per heavy atom. The highest BCUT2D eigenvalue weighted by atomic mass is 14.6. The quantitative estimate of drug-likeness (QED) is 0.859. The molecule has 0 saturated heterocycles. The second-order valence-electron chi connectivity index (χ2n) is 5.08. The second-order valence-corrected chi connectivity index (χ2v) is 5.08. The van der Waals surface area contributed by atoms with Crippen LogP contribution in [0, 0.1) is 6.92 Å². The van der Waals surface area contributed by atoms with Crippen molar-refractivity contribution < 1.29 is 0 Å². The molecule has 0 saturated carbocycles. The van der Waals surface area contributed by atoms with Gasteiger partial charge in [-0.3, -0.25) is 0 Å². The average Bonchev–Trinajstić information content (AvgIpc) is 2.38. The molecule has 2 aromatic rings. The number of hydrogen-bond donors (Lipinski definition) is 1. The van der Waals surface area contributed by atoms with Crippen molar-refractivity contribution >= 4 is 0 Å². The van der Waals surface area contributed by atoms with Gasteiger partial charge >= 0.3 is 0 Å². The van der Waals surface area contributed by atoms with Crippen molar-refractivity contribution in [2.75, 3.05) is 0 Å². The van der Waals surface area contributed by atoms with Crippen LogP contribution in [0.5, 0.6) is 0 Å². The zero-order chi connectivity index (χ0) is 13.0. The fraction of sp³-hybridized carbons (Fsp3) is 0.294. The summed E-state index contributed by atoms with van der Waals surface area (Å²) < 4.78 is 0. The van der Waals surface area contributed by atoms with Gasteiger partial charge in [0.15, 0.2) is 0 Å². The summed E-state index contributed by atoms with van der Waals surface area (Å²) in [6.45, 7) is 4.17. The van der Waals surface area contributed by atoms with E-state index >= 15 is 0 Å². The highest BCUT2D eigenvalue weighted by Gasteiger charge is 1.99. The summed E-state index contributed by atoms with van der Waals surface area (Å²) in [6.07, 6.45) is 2.11. The van der Waals surface area contributed by atoms with E-state index in [1.165, 1.54) is 22.3 Å². The molecule has 1 atom stereocenters. The van der Waals surface area contributed by atoms with Crippen molar-refractivity contribution in [3.63, 3.8) is 0 Å². The number of nitrogens with two attached hydrogens (primary N) is 1. The number of rotatable bonds is 4. The maximum atomic E-state index is 5.78. The summed E-state index contributed by atoms with van der Waals surface area (Å²) in [5, 5.41) is 0. The van der Waals surface area contributed by atoms with Crippen molar-refractivity contribution in [3.05, 3.63) is 59.7 Å². The van der Waals surface area contributed by atoms with Crippen LogP contribution in [0.1, 0.15) is 24.5 Å². The fourth-order valence-electron chi connectivity index (χ4n) is 2.00. The summed E-state index contributed by atoms with van der Waals surface area (Å²) in [5.41, 5.74) is 11.0. The van der Waals surface area contributed by atoms with Crippen molar-refractivity contribution in [1.29, 1.82) is 0 Å². The molecule has 2 rings (SSSR count). The van der Waals surface area contributed by atoms with Gasteiger partial charge in [0.25, 0.3) is 0 Å². The van der Waals surface area contributed by atoms with Gasteiger partial charge in [0, 0.05) is 6.04 Å². The van der Waals surface area contributed by atoms with Crippen molar-refractivity contribution in [1.82, 2.24) is 0 Å². The van der Waals surface area contributed by atoms with Crippen LogP contribution < -0.4 is 5.73 Å².